The third kappa shape index (κ3) is 4.45. The smallest absolute Gasteiger partial charge is 0.353 e. The van der Waals surface area contributed by atoms with Crippen LogP contribution >= 0.6 is 0 Å². The lowest BCUT2D eigenvalue weighted by atomic mass is 9.97. The SMILES string of the molecule is CCOC(=O)c1ccccc1Nc1ncnc(N2CCC(C(=O)O)CC2)c1[N+](=O)[O-]. The zero-order chi connectivity index (χ0) is 21.7. The minimum atomic E-state index is -0.871. The second-order valence-corrected chi connectivity index (χ2v) is 6.64. The Balaban J connectivity index is 1.93. The van der Waals surface area contributed by atoms with Crippen molar-refractivity contribution in [1.82, 2.24) is 9.97 Å². The van der Waals surface area contributed by atoms with Crippen molar-refractivity contribution in [1.29, 1.82) is 0 Å². The number of ether oxygens (including phenoxy) is 1. The number of benzene rings is 1. The molecule has 1 aliphatic heterocycles. The van der Waals surface area contributed by atoms with Crippen LogP contribution in [-0.4, -0.2) is 51.6 Å². The van der Waals surface area contributed by atoms with Gasteiger partial charge in [0.05, 0.1) is 28.7 Å². The van der Waals surface area contributed by atoms with Crippen LogP contribution < -0.4 is 10.2 Å². The number of carboxylic acids is 1. The minimum Gasteiger partial charge on any atom is -0.481 e. The van der Waals surface area contributed by atoms with Crippen LogP contribution in [0.25, 0.3) is 0 Å². The number of nitrogens with one attached hydrogen (secondary N) is 1. The number of esters is 1. The first-order chi connectivity index (χ1) is 14.4. The molecule has 2 heterocycles. The number of carbonyl (C=O) groups is 2. The summed E-state index contributed by atoms with van der Waals surface area (Å²) in [6.07, 6.45) is 1.93. The third-order valence-electron chi connectivity index (χ3n) is 4.80. The number of rotatable bonds is 7. The van der Waals surface area contributed by atoms with Crippen LogP contribution in [0.3, 0.4) is 0 Å². The Bertz CT molecular complexity index is 958. The highest BCUT2D eigenvalue weighted by Gasteiger charge is 2.32. The lowest BCUT2D eigenvalue weighted by Crippen LogP contribution is -2.37. The van der Waals surface area contributed by atoms with Crippen molar-refractivity contribution in [3.63, 3.8) is 0 Å². The van der Waals surface area contributed by atoms with Gasteiger partial charge >= 0.3 is 17.6 Å². The van der Waals surface area contributed by atoms with Gasteiger partial charge in [-0.05, 0) is 31.9 Å². The van der Waals surface area contributed by atoms with E-state index in [9.17, 15) is 19.7 Å². The number of piperidine rings is 1. The normalized spacial score (nSPS) is 14.2. The van der Waals surface area contributed by atoms with E-state index in [4.69, 9.17) is 9.84 Å². The molecule has 1 saturated heterocycles. The zero-order valence-corrected chi connectivity index (χ0v) is 16.3. The Morgan fingerprint density at radius 3 is 2.63 bits per heavy atom. The van der Waals surface area contributed by atoms with Crippen molar-refractivity contribution in [3.05, 3.63) is 46.3 Å². The van der Waals surface area contributed by atoms with Crippen molar-refractivity contribution in [2.24, 2.45) is 5.92 Å². The Labute approximate surface area is 171 Å². The Morgan fingerprint density at radius 2 is 2.00 bits per heavy atom. The van der Waals surface area contributed by atoms with Crippen LogP contribution in [0.5, 0.6) is 0 Å². The van der Waals surface area contributed by atoms with E-state index < -0.39 is 22.8 Å². The van der Waals surface area contributed by atoms with Crippen molar-refractivity contribution in [2.45, 2.75) is 19.8 Å². The van der Waals surface area contributed by atoms with E-state index in [2.05, 4.69) is 15.3 Å². The molecule has 0 aliphatic carbocycles. The van der Waals surface area contributed by atoms with Crippen LogP contribution in [0.1, 0.15) is 30.1 Å². The number of anilines is 3. The summed E-state index contributed by atoms with van der Waals surface area (Å²) in [4.78, 5) is 44.4. The molecular weight excluding hydrogens is 394 g/mol. The fourth-order valence-corrected chi connectivity index (χ4v) is 3.31. The predicted octanol–water partition coefficient (Wildman–Crippen LogP) is 2.61. The van der Waals surface area contributed by atoms with E-state index in [-0.39, 0.29) is 29.5 Å². The molecule has 0 amide bonds. The molecule has 1 aliphatic rings. The summed E-state index contributed by atoms with van der Waals surface area (Å²) in [6.45, 7) is 2.53. The maximum Gasteiger partial charge on any atom is 0.353 e. The number of aromatic nitrogens is 2. The molecule has 0 saturated carbocycles. The van der Waals surface area contributed by atoms with E-state index in [1.54, 1.807) is 36.1 Å². The van der Waals surface area contributed by atoms with Gasteiger partial charge in [0.2, 0.25) is 11.6 Å². The molecule has 0 atom stereocenters. The number of hydrogen-bond acceptors (Lipinski definition) is 9. The molecule has 1 aromatic carbocycles. The second-order valence-electron chi connectivity index (χ2n) is 6.64. The Morgan fingerprint density at radius 1 is 1.30 bits per heavy atom. The quantitative estimate of drug-likeness (QED) is 0.393. The lowest BCUT2D eigenvalue weighted by Gasteiger charge is -2.30. The van der Waals surface area contributed by atoms with Crippen molar-refractivity contribution in [2.75, 3.05) is 29.9 Å². The van der Waals surface area contributed by atoms with Crippen LogP contribution in [0.4, 0.5) is 23.0 Å². The number of aliphatic carboxylic acids is 1. The van der Waals surface area contributed by atoms with E-state index in [1.807, 2.05) is 0 Å². The first kappa shape index (κ1) is 21.0. The van der Waals surface area contributed by atoms with E-state index >= 15 is 0 Å². The summed E-state index contributed by atoms with van der Waals surface area (Å²) >= 11 is 0. The van der Waals surface area contributed by atoms with Crippen LogP contribution in [-0.2, 0) is 9.53 Å². The molecule has 0 spiro atoms. The minimum absolute atomic E-state index is 0.0675. The van der Waals surface area contributed by atoms with Crippen molar-refractivity contribution >= 4 is 34.9 Å². The summed E-state index contributed by atoms with van der Waals surface area (Å²) in [6, 6.07) is 6.47. The molecule has 158 valence electrons. The van der Waals surface area contributed by atoms with Gasteiger partial charge in [0.15, 0.2) is 0 Å². The number of nitro groups is 1. The highest BCUT2D eigenvalue weighted by Crippen LogP contribution is 2.36. The second kappa shape index (κ2) is 9.16. The van der Waals surface area contributed by atoms with E-state index in [1.165, 1.54) is 6.33 Å². The summed E-state index contributed by atoms with van der Waals surface area (Å²) in [5.41, 5.74) is 0.189. The van der Waals surface area contributed by atoms with Gasteiger partial charge in [-0.15, -0.1) is 0 Å². The molecular formula is C19H21N5O6. The maximum atomic E-state index is 12.2. The summed E-state index contributed by atoms with van der Waals surface area (Å²) in [7, 11) is 0. The molecule has 1 aromatic heterocycles. The number of hydrogen-bond donors (Lipinski definition) is 2. The zero-order valence-electron chi connectivity index (χ0n) is 16.3. The topological polar surface area (TPSA) is 148 Å². The van der Waals surface area contributed by atoms with E-state index in [0.29, 0.717) is 31.6 Å². The molecule has 3 rings (SSSR count). The number of carboxylic acid groups (broad SMARTS) is 1. The highest BCUT2D eigenvalue weighted by atomic mass is 16.6. The van der Waals surface area contributed by atoms with Gasteiger partial charge in [0, 0.05) is 13.1 Å². The number of carbonyl (C=O) groups excluding carboxylic acids is 1. The van der Waals surface area contributed by atoms with Crippen molar-refractivity contribution < 1.29 is 24.4 Å². The van der Waals surface area contributed by atoms with Crippen LogP contribution in [0, 0.1) is 16.0 Å². The van der Waals surface area contributed by atoms with E-state index in [0.717, 1.165) is 0 Å². The van der Waals surface area contributed by atoms with Gasteiger partial charge < -0.3 is 20.1 Å². The molecule has 0 radical (unpaired) electrons. The fraction of sp³-hybridized carbons (Fsp3) is 0.368. The summed E-state index contributed by atoms with van der Waals surface area (Å²) in [5, 5.41) is 23.9. The molecule has 30 heavy (non-hydrogen) atoms. The van der Waals surface area contributed by atoms with Gasteiger partial charge in [-0.2, -0.15) is 0 Å². The molecule has 1 fully saturated rings. The number of para-hydroxylation sites is 1. The molecule has 2 aromatic rings. The van der Waals surface area contributed by atoms with Gasteiger partial charge in [-0.1, -0.05) is 12.1 Å². The molecule has 11 heteroatoms. The fourth-order valence-electron chi connectivity index (χ4n) is 3.31. The van der Waals surface area contributed by atoms with Gasteiger partial charge in [0.25, 0.3) is 0 Å². The average molecular weight is 415 g/mol. The molecule has 11 nitrogen and oxygen atoms in total. The third-order valence-corrected chi connectivity index (χ3v) is 4.80. The predicted molar refractivity (Wildman–Crippen MR) is 107 cm³/mol. The van der Waals surface area contributed by atoms with Crippen LogP contribution in [0.15, 0.2) is 30.6 Å². The standard InChI is InChI=1S/C19H21N5O6/c1-2-30-19(27)13-5-3-4-6-14(13)22-16-15(24(28)29)17(21-11-20-16)23-9-7-12(8-10-23)18(25)26/h3-6,11-12H,2,7-10H2,1H3,(H,25,26)(H,20,21,22). The Kier molecular flexibility index (Phi) is 6.40. The summed E-state index contributed by atoms with van der Waals surface area (Å²) < 4.78 is 5.03. The molecule has 2 N–H and O–H groups in total. The lowest BCUT2D eigenvalue weighted by molar-refractivity contribution is -0.383. The number of nitrogens with zero attached hydrogens (tertiary/aromatic N) is 4. The van der Waals surface area contributed by atoms with Gasteiger partial charge in [0.1, 0.15) is 6.33 Å². The molecule has 0 bridgehead atoms. The monoisotopic (exact) mass is 415 g/mol. The van der Waals surface area contributed by atoms with Gasteiger partial charge in [-0.25, -0.2) is 14.8 Å². The van der Waals surface area contributed by atoms with Crippen LogP contribution in [0.2, 0.25) is 0 Å². The first-order valence-corrected chi connectivity index (χ1v) is 9.42. The summed E-state index contributed by atoms with van der Waals surface area (Å²) in [5.74, 6) is -1.87. The molecule has 0 unspecified atom stereocenters. The van der Waals surface area contributed by atoms with Crippen molar-refractivity contribution in [3.8, 4) is 0 Å². The largest absolute Gasteiger partial charge is 0.481 e. The highest BCUT2D eigenvalue weighted by molar-refractivity contribution is 5.96. The maximum absolute atomic E-state index is 12.2. The first-order valence-electron chi connectivity index (χ1n) is 9.42. The average Bonchev–Trinajstić information content (AvgIpc) is 2.74. The Hall–Kier alpha value is -3.76. The van der Waals surface area contributed by atoms with Gasteiger partial charge in [-0.3, -0.25) is 14.9 Å².